The third-order valence-electron chi connectivity index (χ3n) is 14.2. The Morgan fingerprint density at radius 3 is 1.29 bits per heavy atom. The number of nitrogens with zero attached hydrogens (tertiary/aromatic N) is 2. The van der Waals surface area contributed by atoms with Crippen molar-refractivity contribution >= 4 is 44.9 Å². The summed E-state index contributed by atoms with van der Waals surface area (Å²) < 4.78 is 29.6. The number of para-hydroxylation sites is 2. The topological polar surface area (TPSA) is 6.48 Å². The molecule has 0 fully saturated rings. The second-order valence-corrected chi connectivity index (χ2v) is 17.8. The summed E-state index contributed by atoms with van der Waals surface area (Å²) in [4.78, 5) is 4.56. The molecule has 0 heterocycles. The number of hydrogen-bond acceptors (Lipinski definition) is 2. The van der Waals surface area contributed by atoms with Crippen LogP contribution in [0.25, 0.3) is 55.3 Å². The molecule has 0 N–H and O–H groups in total. The molecular formula is C65H42F2N2. The summed E-state index contributed by atoms with van der Waals surface area (Å²) in [6.07, 6.45) is 0. The molecule has 13 rings (SSSR count). The molecule has 2 aliphatic rings. The first-order chi connectivity index (χ1) is 34.1. The van der Waals surface area contributed by atoms with Crippen LogP contribution in [0.2, 0.25) is 0 Å². The van der Waals surface area contributed by atoms with E-state index in [9.17, 15) is 8.78 Å². The normalized spacial score (nSPS) is 12.6. The summed E-state index contributed by atoms with van der Waals surface area (Å²) in [7, 11) is 0. The molecular weight excluding hydrogens is 847 g/mol. The number of rotatable bonds is 8. The molecule has 11 aromatic carbocycles. The summed E-state index contributed by atoms with van der Waals surface area (Å²) in [5.74, 6) is -0.575. The number of benzene rings is 11. The summed E-state index contributed by atoms with van der Waals surface area (Å²) in [5, 5.41) is 2.24. The van der Waals surface area contributed by atoms with Crippen molar-refractivity contribution in [2.45, 2.75) is 5.41 Å². The number of halogens is 2. The molecule has 0 aliphatic heterocycles. The lowest BCUT2D eigenvalue weighted by molar-refractivity contribution is 0.627. The van der Waals surface area contributed by atoms with E-state index in [0.29, 0.717) is 0 Å². The third-order valence-corrected chi connectivity index (χ3v) is 14.2. The maximum absolute atomic E-state index is 14.8. The van der Waals surface area contributed by atoms with Crippen LogP contribution >= 0.6 is 0 Å². The third kappa shape index (κ3) is 6.29. The largest absolute Gasteiger partial charge is 0.310 e. The fourth-order valence-corrected chi connectivity index (χ4v) is 11.4. The van der Waals surface area contributed by atoms with Crippen LogP contribution < -0.4 is 9.80 Å². The van der Waals surface area contributed by atoms with Gasteiger partial charge in [-0.15, -0.1) is 0 Å². The van der Waals surface area contributed by atoms with Crippen molar-refractivity contribution in [1.29, 1.82) is 0 Å². The lowest BCUT2D eigenvalue weighted by Crippen LogP contribution is -2.32. The van der Waals surface area contributed by atoms with Crippen LogP contribution in [0.15, 0.2) is 255 Å². The molecule has 326 valence electrons. The van der Waals surface area contributed by atoms with Crippen LogP contribution in [0.4, 0.5) is 42.9 Å². The zero-order chi connectivity index (χ0) is 46.1. The fraction of sp³-hybridized carbons (Fsp3) is 0.0154. The van der Waals surface area contributed by atoms with Gasteiger partial charge in [-0.1, -0.05) is 176 Å². The van der Waals surface area contributed by atoms with Gasteiger partial charge in [0.15, 0.2) is 0 Å². The van der Waals surface area contributed by atoms with Crippen molar-refractivity contribution in [3.05, 3.63) is 289 Å². The molecule has 0 bridgehead atoms. The van der Waals surface area contributed by atoms with Crippen molar-refractivity contribution in [2.75, 3.05) is 9.80 Å². The highest BCUT2D eigenvalue weighted by Crippen LogP contribution is 2.63. The van der Waals surface area contributed by atoms with E-state index in [-0.39, 0.29) is 11.6 Å². The second-order valence-electron chi connectivity index (χ2n) is 17.8. The van der Waals surface area contributed by atoms with E-state index in [1.807, 2.05) is 36.4 Å². The van der Waals surface area contributed by atoms with E-state index in [1.165, 1.54) is 33.4 Å². The highest BCUT2D eigenvalue weighted by molar-refractivity contribution is 6.13. The lowest BCUT2D eigenvalue weighted by Gasteiger charge is -2.41. The SMILES string of the molecule is Fc1ccc(N(c2ccc3c(c2)C2(c4ccccc4-c4ccccc42)c2cccc4c(N(c5ccc(F)cc5)c5ccccc5-c5ccccc5)ccc-3c24)c2ccccc2-c2ccccc2)cc1. The zero-order valence-electron chi connectivity index (χ0n) is 37.4. The van der Waals surface area contributed by atoms with Gasteiger partial charge >= 0.3 is 0 Å². The maximum atomic E-state index is 14.8. The van der Waals surface area contributed by atoms with Gasteiger partial charge in [0.25, 0.3) is 0 Å². The molecule has 2 aliphatic carbocycles. The van der Waals surface area contributed by atoms with Gasteiger partial charge in [0.1, 0.15) is 11.6 Å². The highest BCUT2D eigenvalue weighted by Gasteiger charge is 2.50. The molecule has 0 saturated heterocycles. The van der Waals surface area contributed by atoms with Crippen molar-refractivity contribution in [3.8, 4) is 44.5 Å². The van der Waals surface area contributed by atoms with Gasteiger partial charge in [-0.25, -0.2) is 8.78 Å². The van der Waals surface area contributed by atoms with Gasteiger partial charge in [0.05, 0.1) is 22.5 Å². The Bertz CT molecular complexity index is 3710. The average Bonchev–Trinajstić information content (AvgIpc) is 3.71. The summed E-state index contributed by atoms with van der Waals surface area (Å²) in [6.45, 7) is 0. The lowest BCUT2D eigenvalue weighted by atomic mass is 9.61. The van der Waals surface area contributed by atoms with E-state index in [2.05, 4.69) is 204 Å². The predicted octanol–water partition coefficient (Wildman–Crippen LogP) is 17.7. The van der Waals surface area contributed by atoms with E-state index in [4.69, 9.17) is 0 Å². The first kappa shape index (κ1) is 40.4. The van der Waals surface area contributed by atoms with Crippen molar-refractivity contribution in [2.24, 2.45) is 0 Å². The van der Waals surface area contributed by atoms with E-state index in [0.717, 1.165) is 78.3 Å². The van der Waals surface area contributed by atoms with E-state index < -0.39 is 5.41 Å². The molecule has 1 spiro atoms. The average molecular weight is 889 g/mol. The van der Waals surface area contributed by atoms with Crippen LogP contribution in [0.5, 0.6) is 0 Å². The summed E-state index contributed by atoms with van der Waals surface area (Å²) in [6, 6.07) is 87.4. The van der Waals surface area contributed by atoms with Crippen LogP contribution in [0, 0.1) is 11.6 Å². The number of hydrogen-bond donors (Lipinski definition) is 0. The number of fused-ring (bicyclic) bond motifs is 9. The molecule has 0 amide bonds. The molecule has 69 heavy (non-hydrogen) atoms. The first-order valence-corrected chi connectivity index (χ1v) is 23.4. The fourth-order valence-electron chi connectivity index (χ4n) is 11.4. The Labute approximate surface area is 400 Å². The molecule has 2 nitrogen and oxygen atoms in total. The van der Waals surface area contributed by atoms with Crippen LogP contribution in [0.1, 0.15) is 22.3 Å². The van der Waals surface area contributed by atoms with Crippen molar-refractivity contribution in [1.82, 2.24) is 0 Å². The van der Waals surface area contributed by atoms with Gasteiger partial charge in [0, 0.05) is 33.6 Å². The molecule has 0 saturated carbocycles. The molecule has 11 aromatic rings. The first-order valence-electron chi connectivity index (χ1n) is 23.4. The summed E-state index contributed by atoms with van der Waals surface area (Å²) >= 11 is 0. The Kier molecular flexibility index (Phi) is 9.48. The molecule has 0 radical (unpaired) electrons. The van der Waals surface area contributed by atoms with Gasteiger partial charge in [-0.3, -0.25) is 0 Å². The Morgan fingerprint density at radius 1 is 0.275 bits per heavy atom. The van der Waals surface area contributed by atoms with E-state index >= 15 is 0 Å². The van der Waals surface area contributed by atoms with Crippen molar-refractivity contribution in [3.63, 3.8) is 0 Å². The Morgan fingerprint density at radius 2 is 0.710 bits per heavy atom. The smallest absolute Gasteiger partial charge is 0.123 e. The molecule has 4 heteroatoms. The molecule has 0 unspecified atom stereocenters. The minimum Gasteiger partial charge on any atom is -0.310 e. The van der Waals surface area contributed by atoms with Crippen LogP contribution in [-0.4, -0.2) is 0 Å². The Hall–Kier alpha value is -8.86. The van der Waals surface area contributed by atoms with Gasteiger partial charge in [-0.2, -0.15) is 0 Å². The van der Waals surface area contributed by atoms with Crippen LogP contribution in [-0.2, 0) is 5.41 Å². The minimum absolute atomic E-state index is 0.287. The van der Waals surface area contributed by atoms with E-state index in [1.54, 1.807) is 24.3 Å². The van der Waals surface area contributed by atoms with Gasteiger partial charge in [0.2, 0.25) is 0 Å². The van der Waals surface area contributed by atoms with Gasteiger partial charge < -0.3 is 9.80 Å². The zero-order valence-corrected chi connectivity index (χ0v) is 37.4. The highest BCUT2D eigenvalue weighted by atomic mass is 19.1. The monoisotopic (exact) mass is 888 g/mol. The quantitative estimate of drug-likeness (QED) is 0.150. The predicted molar refractivity (Wildman–Crippen MR) is 280 cm³/mol. The van der Waals surface area contributed by atoms with Crippen LogP contribution in [0.3, 0.4) is 0 Å². The Balaban J connectivity index is 1.12. The standard InChI is InChI=1S/C65H42F2N2/c66-45-30-34-47(35-31-45)68(61-28-13-9-20-50(61)43-16-3-1-4-17-43)49-38-39-54-55-40-41-63(69(48-36-32-46(67)33-37-48)62-29-14-10-21-51(62)44-18-5-2-6-19-44)56-24-15-27-59(64(55)56)65(60(54)42-49)57-25-11-7-22-52(57)53-23-8-12-26-58(53)65/h1-42H. The summed E-state index contributed by atoms with van der Waals surface area (Å²) in [5.41, 5.74) is 18.6. The maximum Gasteiger partial charge on any atom is 0.123 e. The molecule has 0 atom stereocenters. The minimum atomic E-state index is -0.736. The number of anilines is 6. The van der Waals surface area contributed by atoms with Crippen molar-refractivity contribution < 1.29 is 8.78 Å². The molecule has 0 aromatic heterocycles. The van der Waals surface area contributed by atoms with Gasteiger partial charge in [-0.05, 0) is 140 Å². The second kappa shape index (κ2) is 16.2.